The third kappa shape index (κ3) is 43.8. The van der Waals surface area contributed by atoms with Gasteiger partial charge < -0.3 is 20.1 Å². The first-order chi connectivity index (χ1) is 28.8. The summed E-state index contributed by atoms with van der Waals surface area (Å²) in [6.45, 7) is 3.43. The number of carbonyl (C=O) groups is 2. The number of phosphoric acid groups is 1. The smallest absolute Gasteiger partial charge is 0.462 e. The first-order valence-corrected chi connectivity index (χ1v) is 23.5. The molecule has 3 N–H and O–H groups in total. The summed E-state index contributed by atoms with van der Waals surface area (Å²) >= 11 is 0. The van der Waals surface area contributed by atoms with E-state index < -0.39 is 32.5 Å². The molecule has 1 unspecified atom stereocenters. The number of hydrogen-bond acceptors (Lipinski definition) is 8. The molecule has 0 aliphatic heterocycles. The van der Waals surface area contributed by atoms with Crippen molar-refractivity contribution in [1.82, 2.24) is 0 Å². The van der Waals surface area contributed by atoms with Gasteiger partial charge in [0.05, 0.1) is 13.2 Å². The Morgan fingerprint density at radius 3 is 1.42 bits per heavy atom. The summed E-state index contributed by atoms with van der Waals surface area (Å²) in [6, 6.07) is 0. The number of rotatable bonds is 39. The molecule has 59 heavy (non-hydrogen) atoms. The van der Waals surface area contributed by atoms with E-state index >= 15 is 0 Å². The average Bonchev–Trinajstić information content (AvgIpc) is 3.22. The normalized spacial score (nSPS) is 14.4. The number of phosphoric ester groups is 1. The summed E-state index contributed by atoms with van der Waals surface area (Å²) in [5, 5.41) is 0. The highest BCUT2D eigenvalue weighted by atomic mass is 31.2. The molecule has 2 atom stereocenters. The molecular formula is C49H78NO8P. The van der Waals surface area contributed by atoms with E-state index in [1.165, 1.54) is 25.7 Å². The quantitative estimate of drug-likeness (QED) is 0.0268. The van der Waals surface area contributed by atoms with Gasteiger partial charge in [0.1, 0.15) is 6.61 Å². The lowest BCUT2D eigenvalue weighted by Crippen LogP contribution is -2.29. The first kappa shape index (κ1) is 55.4. The van der Waals surface area contributed by atoms with Gasteiger partial charge in [-0.05, 0) is 96.3 Å². The van der Waals surface area contributed by atoms with Crippen molar-refractivity contribution in [3.8, 4) is 0 Å². The van der Waals surface area contributed by atoms with Crippen LogP contribution in [0.4, 0.5) is 0 Å². The summed E-state index contributed by atoms with van der Waals surface area (Å²) in [5.74, 6) is -0.977. The Labute approximate surface area is 358 Å². The highest BCUT2D eigenvalue weighted by molar-refractivity contribution is 7.47. The number of hydrogen-bond donors (Lipinski definition) is 2. The molecule has 0 saturated carbocycles. The molecule has 9 nitrogen and oxygen atoms in total. The molecule has 10 heteroatoms. The fourth-order valence-corrected chi connectivity index (χ4v) is 5.88. The van der Waals surface area contributed by atoms with Gasteiger partial charge in [0.15, 0.2) is 6.10 Å². The monoisotopic (exact) mass is 840 g/mol. The van der Waals surface area contributed by atoms with Crippen LogP contribution in [0.3, 0.4) is 0 Å². The van der Waals surface area contributed by atoms with E-state index in [9.17, 15) is 19.0 Å². The van der Waals surface area contributed by atoms with Crippen molar-refractivity contribution in [3.05, 3.63) is 122 Å². The van der Waals surface area contributed by atoms with Gasteiger partial charge in [-0.2, -0.15) is 0 Å². The van der Waals surface area contributed by atoms with Crippen LogP contribution in [0.5, 0.6) is 0 Å². The van der Waals surface area contributed by atoms with Crippen molar-refractivity contribution in [3.63, 3.8) is 0 Å². The van der Waals surface area contributed by atoms with Gasteiger partial charge in [-0.1, -0.05) is 155 Å². The van der Waals surface area contributed by atoms with Gasteiger partial charge in [0.25, 0.3) is 0 Å². The fraction of sp³-hybridized carbons (Fsp3) is 0.551. The molecule has 0 aromatic rings. The standard InChI is InChI=1S/C49H78NO8P/c1-3-5-7-9-11-13-15-17-19-21-23-25-27-29-31-33-35-37-39-41-48(51)55-45-47(46-57-59(53,54)56-44-43-50)58-49(52)42-40-38-36-34-32-30-28-26-24-22-20-18-16-14-12-10-8-6-4-2/h6,8,11-14,17-20,23-26,29-32,35,37,47H,3-5,7,9-10,15-16,21-22,27-28,33-34,36,38-46,50H2,1-2H3,(H,53,54)/b8-6-,13-11-,14-12-,19-17-,20-18-,25-23-,26-24-,31-29-,32-30-,37-35-/t47-/m1/s1. The van der Waals surface area contributed by atoms with Gasteiger partial charge in [0.2, 0.25) is 0 Å². The Morgan fingerprint density at radius 2 is 0.966 bits per heavy atom. The molecule has 0 aromatic heterocycles. The summed E-state index contributed by atoms with van der Waals surface area (Å²) < 4.78 is 32.7. The van der Waals surface area contributed by atoms with Crippen LogP contribution >= 0.6 is 7.82 Å². The molecule has 0 bridgehead atoms. The molecule has 0 amide bonds. The SMILES string of the molecule is CC/C=C\C/C=C\C/C=C\C/C=C\C/C=C\CCCCCC(=O)O[C@H](COC(=O)CC/C=C\C/C=C\C/C=C\C/C=C\C/C=C\CCCCC)COP(=O)(O)OCCN. The lowest BCUT2D eigenvalue weighted by Gasteiger charge is -2.19. The van der Waals surface area contributed by atoms with E-state index in [0.29, 0.717) is 12.8 Å². The maximum atomic E-state index is 12.6. The third-order valence-corrected chi connectivity index (χ3v) is 9.33. The Kier molecular flexibility index (Phi) is 41.3. The van der Waals surface area contributed by atoms with Gasteiger partial charge in [-0.25, -0.2) is 4.57 Å². The van der Waals surface area contributed by atoms with Crippen LogP contribution in [-0.2, 0) is 32.7 Å². The number of nitrogens with two attached hydrogens (primary N) is 1. The Bertz CT molecular complexity index is 1370. The Morgan fingerprint density at radius 1 is 0.525 bits per heavy atom. The van der Waals surface area contributed by atoms with Crippen molar-refractivity contribution < 1.29 is 37.6 Å². The molecule has 0 fully saturated rings. The summed E-state index contributed by atoms with van der Waals surface area (Å²) in [7, 11) is -4.41. The van der Waals surface area contributed by atoms with Gasteiger partial charge in [-0.3, -0.25) is 18.6 Å². The minimum absolute atomic E-state index is 0.0308. The van der Waals surface area contributed by atoms with Crippen LogP contribution in [0.1, 0.15) is 142 Å². The van der Waals surface area contributed by atoms with Crippen LogP contribution in [0, 0.1) is 0 Å². The molecule has 0 saturated heterocycles. The zero-order valence-electron chi connectivity index (χ0n) is 36.4. The van der Waals surface area contributed by atoms with Crippen LogP contribution in [0.2, 0.25) is 0 Å². The molecule has 0 aromatic carbocycles. The van der Waals surface area contributed by atoms with E-state index in [0.717, 1.165) is 77.0 Å². The first-order valence-electron chi connectivity index (χ1n) is 22.0. The highest BCUT2D eigenvalue weighted by Crippen LogP contribution is 2.43. The van der Waals surface area contributed by atoms with Crippen molar-refractivity contribution in [2.45, 2.75) is 148 Å². The van der Waals surface area contributed by atoms with E-state index in [-0.39, 0.29) is 32.6 Å². The van der Waals surface area contributed by atoms with Crippen molar-refractivity contribution in [2.75, 3.05) is 26.4 Å². The Balaban J connectivity index is 4.37. The molecule has 0 aliphatic rings. The molecule has 0 aliphatic carbocycles. The lowest BCUT2D eigenvalue weighted by molar-refractivity contribution is -0.161. The van der Waals surface area contributed by atoms with Crippen molar-refractivity contribution in [1.29, 1.82) is 0 Å². The summed E-state index contributed by atoms with van der Waals surface area (Å²) in [6.07, 6.45) is 59.6. The predicted molar refractivity (Wildman–Crippen MR) is 247 cm³/mol. The van der Waals surface area contributed by atoms with Crippen LogP contribution < -0.4 is 5.73 Å². The fourth-order valence-electron chi connectivity index (χ4n) is 5.11. The maximum absolute atomic E-state index is 12.6. The number of carbonyl (C=O) groups excluding carboxylic acids is 2. The van der Waals surface area contributed by atoms with E-state index in [4.69, 9.17) is 24.3 Å². The van der Waals surface area contributed by atoms with Crippen LogP contribution in [0.25, 0.3) is 0 Å². The summed E-state index contributed by atoms with van der Waals surface area (Å²) in [4.78, 5) is 34.9. The second-order valence-corrected chi connectivity index (χ2v) is 15.3. The molecule has 0 radical (unpaired) electrons. The van der Waals surface area contributed by atoms with Gasteiger partial charge in [-0.15, -0.1) is 0 Å². The van der Waals surface area contributed by atoms with Crippen LogP contribution in [0.15, 0.2) is 122 Å². The molecule has 0 spiro atoms. The van der Waals surface area contributed by atoms with Crippen molar-refractivity contribution in [2.24, 2.45) is 5.73 Å². The van der Waals surface area contributed by atoms with Gasteiger partial charge in [0, 0.05) is 19.4 Å². The van der Waals surface area contributed by atoms with E-state index in [1.54, 1.807) is 0 Å². The van der Waals surface area contributed by atoms with Gasteiger partial charge >= 0.3 is 19.8 Å². The molecule has 0 heterocycles. The number of esters is 2. The van der Waals surface area contributed by atoms with Crippen LogP contribution in [-0.4, -0.2) is 49.3 Å². The minimum atomic E-state index is -4.41. The second-order valence-electron chi connectivity index (χ2n) is 13.8. The average molecular weight is 840 g/mol. The largest absolute Gasteiger partial charge is 0.472 e. The van der Waals surface area contributed by atoms with E-state index in [2.05, 4.69) is 123 Å². The second kappa shape index (κ2) is 44.0. The minimum Gasteiger partial charge on any atom is -0.462 e. The lowest BCUT2D eigenvalue weighted by atomic mass is 10.1. The third-order valence-electron chi connectivity index (χ3n) is 8.35. The number of allylic oxidation sites excluding steroid dienone is 20. The zero-order valence-corrected chi connectivity index (χ0v) is 37.3. The molecule has 0 rings (SSSR count). The highest BCUT2D eigenvalue weighted by Gasteiger charge is 2.25. The Hall–Kier alpha value is -3.59. The summed E-state index contributed by atoms with van der Waals surface area (Å²) in [5.41, 5.74) is 5.34. The molecular weight excluding hydrogens is 762 g/mol. The zero-order chi connectivity index (χ0) is 43.2. The maximum Gasteiger partial charge on any atom is 0.472 e. The number of unbranched alkanes of at least 4 members (excludes halogenated alkanes) is 6. The van der Waals surface area contributed by atoms with E-state index in [1.807, 2.05) is 12.2 Å². The topological polar surface area (TPSA) is 134 Å². The number of ether oxygens (including phenoxy) is 2. The predicted octanol–water partition coefficient (Wildman–Crippen LogP) is 12.9. The van der Waals surface area contributed by atoms with Crippen molar-refractivity contribution >= 4 is 19.8 Å². The molecule has 332 valence electrons.